The lowest BCUT2D eigenvalue weighted by Crippen LogP contribution is -2.38. The van der Waals surface area contributed by atoms with Crippen LogP contribution in [0.1, 0.15) is 37.3 Å². The van der Waals surface area contributed by atoms with Crippen molar-refractivity contribution in [2.75, 3.05) is 13.1 Å². The Balaban J connectivity index is 1.60. The molecule has 1 fully saturated rings. The van der Waals surface area contributed by atoms with Gasteiger partial charge in [0.25, 0.3) is 5.91 Å². The van der Waals surface area contributed by atoms with Crippen molar-refractivity contribution in [1.29, 1.82) is 0 Å². The zero-order valence-corrected chi connectivity index (χ0v) is 16.5. The topological polar surface area (TPSA) is 41.6 Å². The third kappa shape index (κ3) is 5.47. The molecule has 0 aliphatic carbocycles. The Bertz CT molecular complexity index is 759. The van der Waals surface area contributed by atoms with Crippen molar-refractivity contribution in [3.8, 4) is 5.75 Å². The predicted octanol–water partition coefficient (Wildman–Crippen LogP) is 4.41. The van der Waals surface area contributed by atoms with Crippen LogP contribution in [0.3, 0.4) is 0 Å². The lowest BCUT2D eigenvalue weighted by molar-refractivity contribution is -0.128. The first-order chi connectivity index (χ1) is 13.2. The Kier molecular flexibility index (Phi) is 7.13. The fourth-order valence-electron chi connectivity index (χ4n) is 3.38. The summed E-state index contributed by atoms with van der Waals surface area (Å²) < 4.78 is 5.83. The first-order valence-corrected chi connectivity index (χ1v) is 10.0. The molecule has 0 radical (unpaired) electrons. The summed E-state index contributed by atoms with van der Waals surface area (Å²) in [6.07, 6.45) is 2.56. The molecule has 0 saturated carbocycles. The molecular formula is C22H27ClN2O2. The maximum Gasteiger partial charge on any atom is 0.261 e. The van der Waals surface area contributed by atoms with Crippen LogP contribution < -0.4 is 10.1 Å². The van der Waals surface area contributed by atoms with Crippen LogP contribution in [0.2, 0.25) is 5.02 Å². The lowest BCUT2D eigenvalue weighted by atomic mass is 10.1. The number of likely N-dealkylation sites (tertiary alicyclic amines) is 1. The molecule has 27 heavy (non-hydrogen) atoms. The second-order valence-electron chi connectivity index (χ2n) is 6.91. The van der Waals surface area contributed by atoms with Gasteiger partial charge >= 0.3 is 0 Å². The number of amides is 1. The standard InChI is InChI=1S/C22H27ClN2O2/c1-2-20(27-21-12-6-5-11-19(21)23)22(26)24-15-17-9-3-4-10-18(17)16-25-13-7-8-14-25/h3-6,9-12,20H,2,7-8,13-16H2,1H3,(H,24,26). The lowest BCUT2D eigenvalue weighted by Gasteiger charge is -2.20. The normalized spacial score (nSPS) is 15.5. The molecule has 0 aromatic heterocycles. The second-order valence-corrected chi connectivity index (χ2v) is 7.32. The Labute approximate surface area is 166 Å². The highest BCUT2D eigenvalue weighted by molar-refractivity contribution is 6.32. The first-order valence-electron chi connectivity index (χ1n) is 9.65. The van der Waals surface area contributed by atoms with Crippen LogP contribution in [0.25, 0.3) is 0 Å². The molecule has 4 nitrogen and oxygen atoms in total. The molecule has 144 valence electrons. The van der Waals surface area contributed by atoms with Crippen molar-refractivity contribution in [3.05, 3.63) is 64.7 Å². The number of nitrogens with one attached hydrogen (secondary N) is 1. The summed E-state index contributed by atoms with van der Waals surface area (Å²) in [5, 5.41) is 3.54. The maximum atomic E-state index is 12.6. The molecule has 2 aromatic carbocycles. The van der Waals surface area contributed by atoms with Gasteiger partial charge in [0.05, 0.1) is 5.02 Å². The van der Waals surface area contributed by atoms with E-state index in [4.69, 9.17) is 16.3 Å². The van der Waals surface area contributed by atoms with Crippen LogP contribution in [0.4, 0.5) is 0 Å². The smallest absolute Gasteiger partial charge is 0.261 e. The average molecular weight is 387 g/mol. The number of benzene rings is 2. The van der Waals surface area contributed by atoms with Crippen LogP contribution in [-0.2, 0) is 17.9 Å². The summed E-state index contributed by atoms with van der Waals surface area (Å²) in [5.74, 6) is 0.420. The van der Waals surface area contributed by atoms with E-state index in [-0.39, 0.29) is 5.91 Å². The molecule has 2 aromatic rings. The van der Waals surface area contributed by atoms with Gasteiger partial charge in [0, 0.05) is 13.1 Å². The molecule has 1 atom stereocenters. The van der Waals surface area contributed by atoms with E-state index in [2.05, 4.69) is 28.4 Å². The summed E-state index contributed by atoms with van der Waals surface area (Å²) in [4.78, 5) is 15.1. The quantitative estimate of drug-likeness (QED) is 0.730. The SMILES string of the molecule is CCC(Oc1ccccc1Cl)C(=O)NCc1ccccc1CN1CCCC1. The number of para-hydroxylation sites is 1. The highest BCUT2D eigenvalue weighted by atomic mass is 35.5. The van der Waals surface area contributed by atoms with E-state index in [0.717, 1.165) is 25.2 Å². The first kappa shape index (κ1) is 19.7. The van der Waals surface area contributed by atoms with E-state index in [1.807, 2.05) is 25.1 Å². The van der Waals surface area contributed by atoms with E-state index in [1.54, 1.807) is 12.1 Å². The number of carbonyl (C=O) groups excluding carboxylic acids is 1. The maximum absolute atomic E-state index is 12.6. The highest BCUT2D eigenvalue weighted by Gasteiger charge is 2.20. The summed E-state index contributed by atoms with van der Waals surface area (Å²) in [5.41, 5.74) is 2.44. The summed E-state index contributed by atoms with van der Waals surface area (Å²) in [6.45, 7) is 5.70. The van der Waals surface area contributed by atoms with Gasteiger partial charge in [-0.3, -0.25) is 9.69 Å². The van der Waals surface area contributed by atoms with E-state index in [1.165, 1.54) is 18.4 Å². The molecule has 0 bridgehead atoms. The summed E-state index contributed by atoms with van der Waals surface area (Å²) in [7, 11) is 0. The molecule has 5 heteroatoms. The molecule has 1 N–H and O–H groups in total. The van der Waals surface area contributed by atoms with Gasteiger partial charge in [-0.05, 0) is 55.6 Å². The third-order valence-electron chi connectivity index (χ3n) is 4.93. The molecule has 1 saturated heterocycles. The van der Waals surface area contributed by atoms with Crippen molar-refractivity contribution in [2.24, 2.45) is 0 Å². The van der Waals surface area contributed by atoms with Gasteiger partial charge in [0.15, 0.2) is 6.10 Å². The fraction of sp³-hybridized carbons (Fsp3) is 0.409. The van der Waals surface area contributed by atoms with Gasteiger partial charge in [-0.1, -0.05) is 54.9 Å². The fourth-order valence-corrected chi connectivity index (χ4v) is 3.56. The number of rotatable bonds is 8. The molecule has 1 unspecified atom stereocenters. The minimum Gasteiger partial charge on any atom is -0.479 e. The van der Waals surface area contributed by atoms with Crippen LogP contribution in [0.15, 0.2) is 48.5 Å². The highest BCUT2D eigenvalue weighted by Crippen LogP contribution is 2.25. The molecule has 1 heterocycles. The van der Waals surface area contributed by atoms with Gasteiger partial charge < -0.3 is 10.1 Å². The van der Waals surface area contributed by atoms with E-state index >= 15 is 0 Å². The van der Waals surface area contributed by atoms with Crippen LogP contribution in [-0.4, -0.2) is 30.0 Å². The van der Waals surface area contributed by atoms with Gasteiger partial charge in [0.2, 0.25) is 0 Å². The van der Waals surface area contributed by atoms with Gasteiger partial charge in [0.1, 0.15) is 5.75 Å². The number of nitrogens with zero attached hydrogens (tertiary/aromatic N) is 1. The number of hydrogen-bond donors (Lipinski definition) is 1. The third-order valence-corrected chi connectivity index (χ3v) is 5.25. The summed E-state index contributed by atoms with van der Waals surface area (Å²) >= 11 is 6.14. The summed E-state index contributed by atoms with van der Waals surface area (Å²) in [6, 6.07) is 15.5. The van der Waals surface area contributed by atoms with E-state index in [0.29, 0.717) is 23.7 Å². The van der Waals surface area contributed by atoms with Gasteiger partial charge in [-0.15, -0.1) is 0 Å². The van der Waals surface area contributed by atoms with Crippen molar-refractivity contribution in [3.63, 3.8) is 0 Å². The number of hydrogen-bond acceptors (Lipinski definition) is 3. The van der Waals surface area contributed by atoms with Crippen molar-refractivity contribution in [2.45, 2.75) is 45.4 Å². The van der Waals surface area contributed by atoms with E-state index in [9.17, 15) is 4.79 Å². The molecule has 3 rings (SSSR count). The Morgan fingerprint density at radius 1 is 1.11 bits per heavy atom. The Hall–Kier alpha value is -2.04. The Morgan fingerprint density at radius 3 is 2.48 bits per heavy atom. The van der Waals surface area contributed by atoms with Gasteiger partial charge in [-0.2, -0.15) is 0 Å². The van der Waals surface area contributed by atoms with Crippen LogP contribution in [0.5, 0.6) is 5.75 Å². The van der Waals surface area contributed by atoms with E-state index < -0.39 is 6.10 Å². The monoisotopic (exact) mass is 386 g/mol. The van der Waals surface area contributed by atoms with Crippen LogP contribution >= 0.6 is 11.6 Å². The zero-order chi connectivity index (χ0) is 19.1. The average Bonchev–Trinajstić information content (AvgIpc) is 3.19. The van der Waals surface area contributed by atoms with Crippen molar-refractivity contribution in [1.82, 2.24) is 10.2 Å². The molecule has 1 aliphatic heterocycles. The predicted molar refractivity (Wildman–Crippen MR) is 109 cm³/mol. The number of carbonyl (C=O) groups is 1. The molecule has 1 aliphatic rings. The second kappa shape index (κ2) is 9.77. The van der Waals surface area contributed by atoms with Crippen molar-refractivity contribution < 1.29 is 9.53 Å². The minimum absolute atomic E-state index is 0.117. The Morgan fingerprint density at radius 2 is 1.78 bits per heavy atom. The molecular weight excluding hydrogens is 360 g/mol. The zero-order valence-electron chi connectivity index (χ0n) is 15.8. The molecule has 1 amide bonds. The number of ether oxygens (including phenoxy) is 1. The van der Waals surface area contributed by atoms with Gasteiger partial charge in [-0.25, -0.2) is 0 Å². The largest absolute Gasteiger partial charge is 0.479 e. The number of halogens is 1. The molecule has 0 spiro atoms. The van der Waals surface area contributed by atoms with Crippen LogP contribution in [0, 0.1) is 0 Å². The minimum atomic E-state index is -0.560. The van der Waals surface area contributed by atoms with Crippen molar-refractivity contribution >= 4 is 17.5 Å².